The van der Waals surface area contributed by atoms with Gasteiger partial charge in [0.25, 0.3) is 11.8 Å². The van der Waals surface area contributed by atoms with Gasteiger partial charge in [0.05, 0.1) is 11.3 Å². The number of aryl methyl sites for hydroxylation is 1. The fourth-order valence-corrected chi connectivity index (χ4v) is 4.23. The summed E-state index contributed by atoms with van der Waals surface area (Å²) in [6.45, 7) is 7.99. The number of nitrogens with zero attached hydrogens (tertiary/aromatic N) is 3. The van der Waals surface area contributed by atoms with Gasteiger partial charge in [-0.2, -0.15) is 0 Å². The molecule has 168 valence electrons. The second-order valence-corrected chi connectivity index (χ2v) is 8.12. The van der Waals surface area contributed by atoms with Gasteiger partial charge in [-0.1, -0.05) is 48.0 Å². The summed E-state index contributed by atoms with van der Waals surface area (Å²) >= 11 is 0. The van der Waals surface area contributed by atoms with Gasteiger partial charge in [-0.05, 0) is 62.7 Å². The molecule has 5 heteroatoms. The molecule has 0 fully saturated rings. The number of hydrogen-bond acceptors (Lipinski definition) is 4. The summed E-state index contributed by atoms with van der Waals surface area (Å²) in [6, 6.07) is 25.0. The lowest BCUT2D eigenvalue weighted by Gasteiger charge is -2.23. The fourth-order valence-electron chi connectivity index (χ4n) is 4.23. The molecule has 0 unspecified atom stereocenters. The number of para-hydroxylation sites is 1. The van der Waals surface area contributed by atoms with Crippen LogP contribution >= 0.6 is 0 Å². The highest BCUT2D eigenvalue weighted by Crippen LogP contribution is 2.36. The van der Waals surface area contributed by atoms with Crippen LogP contribution in [0, 0.1) is 6.92 Å². The number of imide groups is 1. The highest BCUT2D eigenvalue weighted by Gasteiger charge is 2.42. The van der Waals surface area contributed by atoms with Crippen LogP contribution in [0.1, 0.15) is 25.0 Å². The molecule has 0 saturated carbocycles. The van der Waals surface area contributed by atoms with Crippen molar-refractivity contribution < 1.29 is 9.59 Å². The van der Waals surface area contributed by atoms with Crippen LogP contribution in [0.15, 0.2) is 84.6 Å². The molecule has 1 aliphatic heterocycles. The molecule has 0 radical (unpaired) electrons. The average Bonchev–Trinajstić information content (AvgIpc) is 3.11. The monoisotopic (exact) mass is 439 g/mol. The van der Waals surface area contributed by atoms with Crippen LogP contribution in [0.5, 0.6) is 0 Å². The molecule has 5 nitrogen and oxygen atoms in total. The molecule has 3 aromatic carbocycles. The summed E-state index contributed by atoms with van der Waals surface area (Å²) in [5.41, 5.74) is 5.11. The van der Waals surface area contributed by atoms with Crippen molar-refractivity contribution in [2.24, 2.45) is 0 Å². The van der Waals surface area contributed by atoms with E-state index >= 15 is 0 Å². The Morgan fingerprint density at radius 2 is 1.33 bits per heavy atom. The molecule has 0 atom stereocenters. The molecule has 1 aliphatic rings. The Hall–Kier alpha value is -3.86. The van der Waals surface area contributed by atoms with E-state index in [0.717, 1.165) is 35.6 Å². The minimum atomic E-state index is -0.322. The summed E-state index contributed by atoms with van der Waals surface area (Å²) < 4.78 is 0. The van der Waals surface area contributed by atoms with E-state index in [2.05, 4.69) is 18.7 Å². The average molecular weight is 440 g/mol. The normalized spacial score (nSPS) is 13.6. The Balaban J connectivity index is 1.78. The molecule has 0 spiro atoms. The number of carbonyl (C=O) groups excluding carboxylic acids is 2. The minimum Gasteiger partial charge on any atom is -0.372 e. The molecule has 0 bridgehead atoms. The third-order valence-electron chi connectivity index (χ3n) is 6.12. The first-order valence-electron chi connectivity index (χ1n) is 11.3. The SMILES string of the molecule is CCN(CC)c1ccc(N2C(=O)C(c3ccc(C)cc3)=C(N(C)c3ccccc3)C2=O)cc1. The van der Waals surface area contributed by atoms with Crippen LogP contribution in [0.3, 0.4) is 0 Å². The molecule has 3 aromatic rings. The highest BCUT2D eigenvalue weighted by molar-refractivity contribution is 6.46. The number of rotatable bonds is 7. The maximum absolute atomic E-state index is 13.7. The summed E-state index contributed by atoms with van der Waals surface area (Å²) in [7, 11) is 1.83. The van der Waals surface area contributed by atoms with Gasteiger partial charge >= 0.3 is 0 Å². The highest BCUT2D eigenvalue weighted by atomic mass is 16.2. The lowest BCUT2D eigenvalue weighted by molar-refractivity contribution is -0.120. The lowest BCUT2D eigenvalue weighted by Crippen LogP contribution is -2.34. The summed E-state index contributed by atoms with van der Waals surface area (Å²) in [4.78, 5) is 32.7. The van der Waals surface area contributed by atoms with E-state index in [1.807, 2.05) is 92.8 Å². The molecular weight excluding hydrogens is 410 g/mol. The zero-order valence-electron chi connectivity index (χ0n) is 19.6. The van der Waals surface area contributed by atoms with Crippen LogP contribution in [0.25, 0.3) is 5.57 Å². The molecule has 2 amide bonds. The van der Waals surface area contributed by atoms with Crippen LogP contribution < -0.4 is 14.7 Å². The quantitative estimate of drug-likeness (QED) is 0.471. The second kappa shape index (κ2) is 9.33. The minimum absolute atomic E-state index is 0.308. The van der Waals surface area contributed by atoms with Crippen molar-refractivity contribution in [1.82, 2.24) is 0 Å². The Morgan fingerprint density at radius 3 is 1.91 bits per heavy atom. The third kappa shape index (κ3) is 4.14. The van der Waals surface area contributed by atoms with Crippen LogP contribution in [0.4, 0.5) is 17.1 Å². The van der Waals surface area contributed by atoms with E-state index < -0.39 is 0 Å². The number of amides is 2. The maximum atomic E-state index is 13.7. The molecule has 1 heterocycles. The van der Waals surface area contributed by atoms with E-state index in [9.17, 15) is 9.59 Å². The summed E-state index contributed by atoms with van der Waals surface area (Å²) in [5.74, 6) is -0.630. The summed E-state index contributed by atoms with van der Waals surface area (Å²) in [5, 5.41) is 0. The number of carbonyl (C=O) groups is 2. The number of anilines is 3. The Morgan fingerprint density at radius 1 is 0.727 bits per heavy atom. The topological polar surface area (TPSA) is 43.9 Å². The Kier molecular flexibility index (Phi) is 6.31. The largest absolute Gasteiger partial charge is 0.372 e. The zero-order chi connectivity index (χ0) is 23.5. The zero-order valence-corrected chi connectivity index (χ0v) is 19.6. The molecule has 0 saturated heterocycles. The van der Waals surface area contributed by atoms with Gasteiger partial charge in [0, 0.05) is 31.5 Å². The van der Waals surface area contributed by atoms with Crippen LogP contribution in [0.2, 0.25) is 0 Å². The van der Waals surface area contributed by atoms with Crippen molar-refractivity contribution in [3.05, 3.63) is 95.7 Å². The van der Waals surface area contributed by atoms with E-state index in [0.29, 0.717) is 17.0 Å². The lowest BCUT2D eigenvalue weighted by atomic mass is 10.0. The van der Waals surface area contributed by atoms with E-state index in [4.69, 9.17) is 0 Å². The van der Waals surface area contributed by atoms with Crippen LogP contribution in [-0.4, -0.2) is 32.0 Å². The van der Waals surface area contributed by atoms with Gasteiger partial charge in [-0.3, -0.25) is 9.59 Å². The van der Waals surface area contributed by atoms with Crippen molar-refractivity contribution in [2.75, 3.05) is 34.8 Å². The Labute approximate surface area is 195 Å². The third-order valence-corrected chi connectivity index (χ3v) is 6.12. The predicted octanol–water partition coefficient (Wildman–Crippen LogP) is 5.26. The van der Waals surface area contributed by atoms with Gasteiger partial charge in [-0.25, -0.2) is 4.90 Å². The van der Waals surface area contributed by atoms with Gasteiger partial charge in [-0.15, -0.1) is 0 Å². The standard InChI is InChI=1S/C28H29N3O2/c1-5-30(6-2)23-16-18-24(19-17-23)31-27(32)25(21-14-12-20(3)13-15-21)26(28(31)33)29(4)22-10-8-7-9-11-22/h7-19H,5-6H2,1-4H3. The van der Waals surface area contributed by atoms with Crippen molar-refractivity contribution in [2.45, 2.75) is 20.8 Å². The van der Waals surface area contributed by atoms with Gasteiger partial charge in [0.2, 0.25) is 0 Å². The molecule has 0 N–H and O–H groups in total. The fraction of sp³-hybridized carbons (Fsp3) is 0.214. The van der Waals surface area contributed by atoms with Crippen molar-refractivity contribution in [1.29, 1.82) is 0 Å². The number of likely N-dealkylation sites (N-methyl/N-ethyl adjacent to an activating group) is 1. The first-order valence-corrected chi connectivity index (χ1v) is 11.3. The second-order valence-electron chi connectivity index (χ2n) is 8.12. The molecule has 0 aliphatic carbocycles. The predicted molar refractivity (Wildman–Crippen MR) is 135 cm³/mol. The van der Waals surface area contributed by atoms with E-state index in [1.165, 1.54) is 4.90 Å². The van der Waals surface area contributed by atoms with E-state index in [1.54, 1.807) is 4.90 Å². The molecule has 33 heavy (non-hydrogen) atoms. The molecule has 4 rings (SSSR count). The number of benzene rings is 3. The first-order chi connectivity index (χ1) is 16.0. The summed E-state index contributed by atoms with van der Waals surface area (Å²) in [6.07, 6.45) is 0. The first kappa shape index (κ1) is 22.3. The van der Waals surface area contributed by atoms with Crippen molar-refractivity contribution >= 4 is 34.4 Å². The van der Waals surface area contributed by atoms with Gasteiger partial charge < -0.3 is 9.80 Å². The van der Waals surface area contributed by atoms with Crippen LogP contribution in [-0.2, 0) is 9.59 Å². The van der Waals surface area contributed by atoms with E-state index in [-0.39, 0.29) is 11.8 Å². The van der Waals surface area contributed by atoms with Gasteiger partial charge in [0.1, 0.15) is 5.70 Å². The molecular formula is C28H29N3O2. The smallest absolute Gasteiger partial charge is 0.282 e. The molecule has 0 aromatic heterocycles. The number of hydrogen-bond donors (Lipinski definition) is 0. The van der Waals surface area contributed by atoms with Gasteiger partial charge in [0.15, 0.2) is 0 Å². The maximum Gasteiger partial charge on any atom is 0.282 e. The Bertz CT molecular complexity index is 1180. The van der Waals surface area contributed by atoms with Crippen molar-refractivity contribution in [3.63, 3.8) is 0 Å². The van der Waals surface area contributed by atoms with Crippen molar-refractivity contribution in [3.8, 4) is 0 Å².